The molecule has 0 spiro atoms. The molecule has 134 valence electrons. The normalized spacial score (nSPS) is 10.7. The molecule has 0 saturated heterocycles. The Hall–Kier alpha value is -2.59. The first-order valence-corrected chi connectivity index (χ1v) is 8.89. The van der Waals surface area contributed by atoms with Crippen LogP contribution in [0.1, 0.15) is 23.4 Å². The second kappa shape index (κ2) is 8.19. The Labute approximate surface area is 158 Å². The molecule has 4 nitrogen and oxygen atoms in total. The molecule has 0 N–H and O–H groups in total. The zero-order valence-corrected chi connectivity index (χ0v) is 15.7. The van der Waals surface area contributed by atoms with Crippen molar-refractivity contribution in [2.24, 2.45) is 0 Å². The number of nitrogens with zero attached hydrogens (tertiary/aromatic N) is 2. The summed E-state index contributed by atoms with van der Waals surface area (Å²) in [5.74, 6) is 1.35. The van der Waals surface area contributed by atoms with Crippen molar-refractivity contribution in [3.05, 3.63) is 76.8 Å². The highest BCUT2D eigenvalue weighted by Gasteiger charge is 2.12. The average Bonchev–Trinajstić information content (AvgIpc) is 3.11. The van der Waals surface area contributed by atoms with Gasteiger partial charge in [0.05, 0.1) is 6.20 Å². The number of aryl methyl sites for hydroxylation is 2. The number of aromatic nitrogens is 1. The minimum Gasteiger partial charge on any atom is -0.441 e. The molecule has 5 heteroatoms. The third-order valence-corrected chi connectivity index (χ3v) is 4.45. The van der Waals surface area contributed by atoms with Crippen molar-refractivity contribution in [2.45, 2.75) is 26.3 Å². The quantitative estimate of drug-likeness (QED) is 0.622. The first kappa shape index (κ1) is 18.2. The highest BCUT2D eigenvalue weighted by atomic mass is 35.5. The maximum Gasteiger partial charge on any atom is 0.223 e. The van der Waals surface area contributed by atoms with Crippen LogP contribution in [0.15, 0.2) is 59.1 Å². The summed E-state index contributed by atoms with van der Waals surface area (Å²) >= 11 is 5.88. The lowest BCUT2D eigenvalue weighted by atomic mass is 10.1. The van der Waals surface area contributed by atoms with Crippen molar-refractivity contribution in [1.82, 2.24) is 9.88 Å². The van der Waals surface area contributed by atoms with Crippen molar-refractivity contribution in [1.29, 1.82) is 0 Å². The van der Waals surface area contributed by atoms with Crippen LogP contribution in [-0.4, -0.2) is 22.8 Å². The number of benzene rings is 2. The summed E-state index contributed by atoms with van der Waals surface area (Å²) in [7, 11) is 1.80. The van der Waals surface area contributed by atoms with Gasteiger partial charge >= 0.3 is 0 Å². The molecule has 1 aromatic heterocycles. The van der Waals surface area contributed by atoms with Gasteiger partial charge in [0.15, 0.2) is 11.7 Å². The lowest BCUT2D eigenvalue weighted by molar-refractivity contribution is -0.130. The number of carbonyl (C=O) groups excluding carboxylic acids is 1. The summed E-state index contributed by atoms with van der Waals surface area (Å²) in [6.07, 6.45) is 2.55. The fraction of sp³-hybridized carbons (Fsp3) is 0.238. The van der Waals surface area contributed by atoms with Crippen LogP contribution in [0.4, 0.5) is 0 Å². The molecule has 26 heavy (non-hydrogen) atoms. The van der Waals surface area contributed by atoms with Gasteiger partial charge < -0.3 is 9.32 Å². The number of amides is 1. The predicted molar refractivity (Wildman–Crippen MR) is 103 cm³/mol. The van der Waals surface area contributed by atoms with Gasteiger partial charge in [-0.25, -0.2) is 4.98 Å². The zero-order valence-electron chi connectivity index (χ0n) is 14.9. The molecule has 0 fully saturated rings. The van der Waals surface area contributed by atoms with Gasteiger partial charge in [-0.05, 0) is 24.6 Å². The van der Waals surface area contributed by atoms with Crippen LogP contribution in [-0.2, 0) is 17.8 Å². The summed E-state index contributed by atoms with van der Waals surface area (Å²) in [6.45, 7) is 2.60. The van der Waals surface area contributed by atoms with E-state index in [-0.39, 0.29) is 5.91 Å². The second-order valence-electron chi connectivity index (χ2n) is 6.36. The van der Waals surface area contributed by atoms with Crippen LogP contribution in [0, 0.1) is 6.92 Å². The minimum absolute atomic E-state index is 0.0510. The van der Waals surface area contributed by atoms with Gasteiger partial charge in [0.1, 0.15) is 0 Å². The van der Waals surface area contributed by atoms with Gasteiger partial charge in [0, 0.05) is 37.0 Å². The van der Waals surface area contributed by atoms with Crippen molar-refractivity contribution < 1.29 is 9.21 Å². The molecular weight excluding hydrogens is 348 g/mol. The highest BCUT2D eigenvalue weighted by Crippen LogP contribution is 2.21. The summed E-state index contributed by atoms with van der Waals surface area (Å²) < 4.78 is 5.77. The van der Waals surface area contributed by atoms with E-state index in [0.29, 0.717) is 30.3 Å². The van der Waals surface area contributed by atoms with Gasteiger partial charge in [-0.1, -0.05) is 53.6 Å². The molecule has 0 radical (unpaired) electrons. The largest absolute Gasteiger partial charge is 0.441 e. The molecule has 1 amide bonds. The van der Waals surface area contributed by atoms with Crippen LogP contribution < -0.4 is 0 Å². The number of halogens is 1. The lowest BCUT2D eigenvalue weighted by Crippen LogP contribution is -2.26. The van der Waals surface area contributed by atoms with Crippen molar-refractivity contribution >= 4 is 17.5 Å². The minimum atomic E-state index is 0.0510. The Morgan fingerprint density at radius 2 is 1.81 bits per heavy atom. The average molecular weight is 369 g/mol. The Kier molecular flexibility index (Phi) is 5.74. The predicted octanol–water partition coefficient (Wildman–Crippen LogP) is 4.89. The molecule has 0 unspecified atom stereocenters. The SMILES string of the molecule is Cc1ccc(-c2cnc(CCC(=O)N(C)Cc3ccc(Cl)cc3)o2)cc1. The molecule has 0 aliphatic rings. The topological polar surface area (TPSA) is 46.3 Å². The third-order valence-electron chi connectivity index (χ3n) is 4.20. The standard InChI is InChI=1S/C21H21ClN2O2/c1-15-3-7-17(8-4-15)19-13-23-20(26-19)11-12-21(25)24(2)14-16-5-9-18(22)10-6-16/h3-10,13H,11-12,14H2,1-2H3. The van der Waals surface area contributed by atoms with Crippen molar-refractivity contribution in [2.75, 3.05) is 7.05 Å². The van der Waals surface area contributed by atoms with E-state index >= 15 is 0 Å². The number of hydrogen-bond donors (Lipinski definition) is 0. The van der Waals surface area contributed by atoms with E-state index < -0.39 is 0 Å². The van der Waals surface area contributed by atoms with E-state index in [4.69, 9.17) is 16.0 Å². The van der Waals surface area contributed by atoms with Crippen molar-refractivity contribution in [3.63, 3.8) is 0 Å². The number of oxazole rings is 1. The Morgan fingerprint density at radius 3 is 2.50 bits per heavy atom. The van der Waals surface area contributed by atoms with Crippen LogP contribution in [0.2, 0.25) is 5.02 Å². The molecular formula is C21H21ClN2O2. The van der Waals surface area contributed by atoms with Gasteiger partial charge in [-0.15, -0.1) is 0 Å². The molecule has 1 heterocycles. The third kappa shape index (κ3) is 4.73. The molecule has 0 aliphatic carbocycles. The first-order chi connectivity index (χ1) is 12.5. The fourth-order valence-electron chi connectivity index (χ4n) is 2.63. The van der Waals surface area contributed by atoms with Crippen LogP contribution in [0.25, 0.3) is 11.3 Å². The van der Waals surface area contributed by atoms with Gasteiger partial charge in [-0.3, -0.25) is 4.79 Å². The first-order valence-electron chi connectivity index (χ1n) is 8.51. The van der Waals surface area contributed by atoms with Crippen LogP contribution >= 0.6 is 11.6 Å². The van der Waals surface area contributed by atoms with E-state index in [1.807, 2.05) is 55.5 Å². The molecule has 0 atom stereocenters. The highest BCUT2D eigenvalue weighted by molar-refractivity contribution is 6.30. The molecule has 3 rings (SSSR count). The Balaban J connectivity index is 1.54. The maximum atomic E-state index is 12.3. The molecule has 0 aliphatic heterocycles. The summed E-state index contributed by atoms with van der Waals surface area (Å²) in [4.78, 5) is 18.3. The molecule has 3 aromatic rings. The second-order valence-corrected chi connectivity index (χ2v) is 6.80. The molecule has 0 saturated carbocycles. The fourth-order valence-corrected chi connectivity index (χ4v) is 2.76. The van der Waals surface area contributed by atoms with E-state index in [1.54, 1.807) is 18.1 Å². The van der Waals surface area contributed by atoms with Gasteiger partial charge in [0.25, 0.3) is 0 Å². The lowest BCUT2D eigenvalue weighted by Gasteiger charge is -2.17. The summed E-state index contributed by atoms with van der Waals surface area (Å²) in [5, 5.41) is 0.691. The molecule has 2 aromatic carbocycles. The Morgan fingerprint density at radius 1 is 1.12 bits per heavy atom. The van der Waals surface area contributed by atoms with Crippen LogP contribution in [0.3, 0.4) is 0 Å². The molecule has 0 bridgehead atoms. The Bertz CT molecular complexity index is 870. The summed E-state index contributed by atoms with van der Waals surface area (Å²) in [5.41, 5.74) is 3.23. The van der Waals surface area contributed by atoms with E-state index in [9.17, 15) is 4.79 Å². The number of carbonyl (C=O) groups is 1. The number of rotatable bonds is 6. The van der Waals surface area contributed by atoms with Gasteiger partial charge in [-0.2, -0.15) is 0 Å². The van der Waals surface area contributed by atoms with Gasteiger partial charge in [0.2, 0.25) is 5.91 Å². The van der Waals surface area contributed by atoms with E-state index in [1.165, 1.54) is 5.56 Å². The van der Waals surface area contributed by atoms with E-state index in [2.05, 4.69) is 4.98 Å². The smallest absolute Gasteiger partial charge is 0.223 e. The number of hydrogen-bond acceptors (Lipinski definition) is 3. The van der Waals surface area contributed by atoms with Crippen molar-refractivity contribution in [3.8, 4) is 11.3 Å². The van der Waals surface area contributed by atoms with Crippen LogP contribution in [0.5, 0.6) is 0 Å². The summed E-state index contributed by atoms with van der Waals surface area (Å²) in [6, 6.07) is 15.6. The van der Waals surface area contributed by atoms with E-state index in [0.717, 1.165) is 16.9 Å². The monoisotopic (exact) mass is 368 g/mol. The maximum absolute atomic E-state index is 12.3. The zero-order chi connectivity index (χ0) is 18.5.